The van der Waals surface area contributed by atoms with Crippen LogP contribution in [0.3, 0.4) is 0 Å². The molecule has 0 aliphatic heterocycles. The summed E-state index contributed by atoms with van der Waals surface area (Å²) in [5.41, 5.74) is 0. The molecule has 2 N–H and O–H groups in total. The van der Waals surface area contributed by atoms with E-state index in [4.69, 9.17) is 0 Å². The molecule has 5 heteroatoms. The largest absolute Gasteiger partial charge is 0.356 e. The fourth-order valence-corrected chi connectivity index (χ4v) is 3.05. The van der Waals surface area contributed by atoms with E-state index in [1.807, 2.05) is 18.4 Å². The minimum Gasteiger partial charge on any atom is -0.356 e. The molecule has 0 spiro atoms. The maximum atomic E-state index is 4.27. The number of likely N-dealkylation sites (N-methyl/N-ethyl adjacent to an activating group) is 1. The summed E-state index contributed by atoms with van der Waals surface area (Å²) in [6.07, 6.45) is 3.81. The normalized spacial score (nSPS) is 15.7. The Hall–Kier alpha value is -1.07. The Labute approximate surface area is 126 Å². The average molecular weight is 294 g/mol. The summed E-state index contributed by atoms with van der Waals surface area (Å²) >= 11 is 1.81. The van der Waals surface area contributed by atoms with Gasteiger partial charge in [0.1, 0.15) is 0 Å². The van der Waals surface area contributed by atoms with Crippen LogP contribution < -0.4 is 10.6 Å². The van der Waals surface area contributed by atoms with Gasteiger partial charge in [-0.1, -0.05) is 13.0 Å². The van der Waals surface area contributed by atoms with Gasteiger partial charge in [-0.25, -0.2) is 0 Å². The number of rotatable bonds is 8. The first kappa shape index (κ1) is 15.3. The molecule has 0 bridgehead atoms. The first-order valence-corrected chi connectivity index (χ1v) is 8.42. The van der Waals surface area contributed by atoms with Crippen LogP contribution in [0, 0.1) is 0 Å². The predicted molar refractivity (Wildman–Crippen MR) is 87.7 cm³/mol. The van der Waals surface area contributed by atoms with E-state index in [2.05, 4.69) is 45.0 Å². The summed E-state index contributed by atoms with van der Waals surface area (Å²) in [5.74, 6) is 0.911. The van der Waals surface area contributed by atoms with Gasteiger partial charge in [-0.3, -0.25) is 9.89 Å². The molecule has 1 aromatic heterocycles. The minimum absolute atomic E-state index is 0.843. The summed E-state index contributed by atoms with van der Waals surface area (Å²) in [7, 11) is 1.83. The molecule has 1 aliphatic rings. The van der Waals surface area contributed by atoms with Crippen molar-refractivity contribution in [2.24, 2.45) is 4.99 Å². The predicted octanol–water partition coefficient (Wildman–Crippen LogP) is 1.94. The van der Waals surface area contributed by atoms with E-state index in [1.54, 1.807) is 0 Å². The Balaban J connectivity index is 1.59. The van der Waals surface area contributed by atoms with Gasteiger partial charge >= 0.3 is 0 Å². The van der Waals surface area contributed by atoms with Crippen LogP contribution in [-0.2, 0) is 6.42 Å². The lowest BCUT2D eigenvalue weighted by Gasteiger charge is -2.20. The molecule has 1 aromatic rings. The second kappa shape index (κ2) is 8.27. The standard InChI is InChI=1S/C15H26N4S/c1-3-19(13-6-7-13)11-10-18-15(16-2)17-9-8-14-5-4-12-20-14/h4-5,12-13H,3,6-11H2,1-2H3,(H2,16,17,18). The highest BCUT2D eigenvalue weighted by molar-refractivity contribution is 7.09. The highest BCUT2D eigenvalue weighted by atomic mass is 32.1. The lowest BCUT2D eigenvalue weighted by atomic mass is 10.3. The van der Waals surface area contributed by atoms with E-state index in [0.717, 1.165) is 44.6 Å². The van der Waals surface area contributed by atoms with Crippen LogP contribution in [0.5, 0.6) is 0 Å². The molecule has 0 unspecified atom stereocenters. The third kappa shape index (κ3) is 5.13. The van der Waals surface area contributed by atoms with Crippen LogP contribution in [-0.4, -0.2) is 50.1 Å². The molecule has 1 saturated carbocycles. The molecule has 0 atom stereocenters. The molecule has 20 heavy (non-hydrogen) atoms. The van der Waals surface area contributed by atoms with E-state index in [1.165, 1.54) is 17.7 Å². The molecule has 1 heterocycles. The van der Waals surface area contributed by atoms with Gasteiger partial charge in [0.15, 0.2) is 5.96 Å². The van der Waals surface area contributed by atoms with Crippen molar-refractivity contribution in [2.45, 2.75) is 32.2 Å². The maximum Gasteiger partial charge on any atom is 0.191 e. The molecular weight excluding hydrogens is 268 g/mol. The van der Waals surface area contributed by atoms with Gasteiger partial charge in [0.25, 0.3) is 0 Å². The van der Waals surface area contributed by atoms with Crippen molar-refractivity contribution in [1.82, 2.24) is 15.5 Å². The highest BCUT2D eigenvalue weighted by Crippen LogP contribution is 2.25. The van der Waals surface area contributed by atoms with Crippen molar-refractivity contribution in [3.05, 3.63) is 22.4 Å². The van der Waals surface area contributed by atoms with E-state index in [9.17, 15) is 0 Å². The Morgan fingerprint density at radius 1 is 1.40 bits per heavy atom. The number of nitrogens with one attached hydrogen (secondary N) is 2. The van der Waals surface area contributed by atoms with Gasteiger partial charge in [0.2, 0.25) is 0 Å². The van der Waals surface area contributed by atoms with Crippen molar-refractivity contribution in [3.63, 3.8) is 0 Å². The van der Waals surface area contributed by atoms with Crippen LogP contribution in [0.1, 0.15) is 24.6 Å². The van der Waals surface area contributed by atoms with Crippen LogP contribution in [0.2, 0.25) is 0 Å². The molecule has 0 saturated heterocycles. The van der Waals surface area contributed by atoms with Gasteiger partial charge < -0.3 is 10.6 Å². The molecule has 2 rings (SSSR count). The zero-order chi connectivity index (χ0) is 14.2. The molecular formula is C15H26N4S. The zero-order valence-corrected chi connectivity index (χ0v) is 13.4. The van der Waals surface area contributed by atoms with E-state index in [-0.39, 0.29) is 0 Å². The Morgan fingerprint density at radius 3 is 2.80 bits per heavy atom. The summed E-state index contributed by atoms with van der Waals surface area (Å²) in [6.45, 7) is 6.39. The quantitative estimate of drug-likeness (QED) is 0.568. The first-order valence-electron chi connectivity index (χ1n) is 7.54. The Kier molecular flexibility index (Phi) is 6.33. The number of hydrogen-bond acceptors (Lipinski definition) is 3. The number of aliphatic imine (C=N–C) groups is 1. The minimum atomic E-state index is 0.843. The van der Waals surface area contributed by atoms with E-state index in [0.29, 0.717) is 0 Å². The van der Waals surface area contributed by atoms with Crippen molar-refractivity contribution in [1.29, 1.82) is 0 Å². The molecule has 1 aliphatic carbocycles. The fraction of sp³-hybridized carbons (Fsp3) is 0.667. The first-order chi connectivity index (χ1) is 9.83. The topological polar surface area (TPSA) is 39.7 Å². The highest BCUT2D eigenvalue weighted by Gasteiger charge is 2.27. The molecule has 1 fully saturated rings. The van der Waals surface area contributed by atoms with Crippen LogP contribution in [0.15, 0.2) is 22.5 Å². The number of nitrogens with zero attached hydrogens (tertiary/aromatic N) is 2. The zero-order valence-electron chi connectivity index (χ0n) is 12.6. The number of thiophene rings is 1. The van der Waals surface area contributed by atoms with E-state index < -0.39 is 0 Å². The summed E-state index contributed by atoms with van der Waals surface area (Å²) < 4.78 is 0. The average Bonchev–Trinajstić information content (AvgIpc) is 3.18. The van der Waals surface area contributed by atoms with Crippen LogP contribution in [0.4, 0.5) is 0 Å². The summed E-state index contributed by atoms with van der Waals surface area (Å²) in [5, 5.41) is 8.89. The summed E-state index contributed by atoms with van der Waals surface area (Å²) in [4.78, 5) is 8.23. The molecule has 4 nitrogen and oxygen atoms in total. The third-order valence-electron chi connectivity index (χ3n) is 3.63. The monoisotopic (exact) mass is 294 g/mol. The second-order valence-electron chi connectivity index (χ2n) is 5.11. The Morgan fingerprint density at radius 2 is 2.20 bits per heavy atom. The van der Waals surface area contributed by atoms with Crippen molar-refractivity contribution in [2.75, 3.05) is 33.2 Å². The number of guanidine groups is 1. The van der Waals surface area contributed by atoms with Crippen molar-refractivity contribution < 1.29 is 0 Å². The Bertz CT molecular complexity index is 398. The van der Waals surface area contributed by atoms with Gasteiger partial charge in [-0.2, -0.15) is 0 Å². The van der Waals surface area contributed by atoms with Gasteiger partial charge in [0, 0.05) is 37.6 Å². The van der Waals surface area contributed by atoms with Crippen molar-refractivity contribution >= 4 is 17.3 Å². The fourth-order valence-electron chi connectivity index (χ4n) is 2.34. The molecule has 0 amide bonds. The van der Waals surface area contributed by atoms with Crippen molar-refractivity contribution in [3.8, 4) is 0 Å². The number of hydrogen-bond donors (Lipinski definition) is 2. The second-order valence-corrected chi connectivity index (χ2v) is 6.15. The SMILES string of the molecule is CCN(CCNC(=NC)NCCc1cccs1)C1CC1. The van der Waals surface area contributed by atoms with E-state index >= 15 is 0 Å². The lowest BCUT2D eigenvalue weighted by Crippen LogP contribution is -2.42. The molecule has 0 radical (unpaired) electrons. The molecule has 0 aromatic carbocycles. The molecule has 112 valence electrons. The maximum absolute atomic E-state index is 4.27. The smallest absolute Gasteiger partial charge is 0.191 e. The van der Waals surface area contributed by atoms with Gasteiger partial charge in [-0.05, 0) is 37.3 Å². The van der Waals surface area contributed by atoms with Gasteiger partial charge in [0.05, 0.1) is 0 Å². The lowest BCUT2D eigenvalue weighted by molar-refractivity contribution is 0.282. The van der Waals surface area contributed by atoms with Crippen LogP contribution >= 0.6 is 11.3 Å². The van der Waals surface area contributed by atoms with Crippen LogP contribution in [0.25, 0.3) is 0 Å². The summed E-state index contributed by atoms with van der Waals surface area (Å²) in [6, 6.07) is 5.12. The van der Waals surface area contributed by atoms with Gasteiger partial charge in [-0.15, -0.1) is 11.3 Å². The third-order valence-corrected chi connectivity index (χ3v) is 4.56.